The maximum atomic E-state index is 13.7. The fourth-order valence-electron chi connectivity index (χ4n) is 8.81. The summed E-state index contributed by atoms with van der Waals surface area (Å²) in [5.41, 5.74) is 1.78. The summed E-state index contributed by atoms with van der Waals surface area (Å²) in [5, 5.41) is 103. The number of para-hydroxylation sites is 1. The second-order valence-corrected chi connectivity index (χ2v) is 18.5. The first-order chi connectivity index (χ1) is 37.4. The number of ether oxygens (including phenoxy) is 7. The van der Waals surface area contributed by atoms with E-state index in [-0.39, 0.29) is 64.8 Å². The van der Waals surface area contributed by atoms with Crippen LogP contribution < -0.4 is 20.9 Å². The number of amides is 6. The maximum absolute atomic E-state index is 13.7. The molecule has 29 heteroatoms. The van der Waals surface area contributed by atoms with Crippen molar-refractivity contribution >= 4 is 47.3 Å². The summed E-state index contributed by atoms with van der Waals surface area (Å²) in [6.07, 6.45) is -25.6. The van der Waals surface area contributed by atoms with Crippen molar-refractivity contribution in [3.63, 3.8) is 0 Å². The SMILES string of the molecule is CC(=O)N[C@H]1[C@H](OCCCNC(=O)COC(=O)N(CCNC(=O)CCCC(=O)ON2C(=O)CCC2=O)c2ccccc2-c2ccccc2)O[C@H](CO)[C@@H](O[C@@H]2O[C@H](CO)[C@H](O)[C@H](O[C@H]3O[C@H](CO)[C@H](O)[C@H](O)[C@H]3O)[C@H]2O)[C@@H]1O. The zero-order chi connectivity index (χ0) is 56.6. The highest BCUT2D eigenvalue weighted by Gasteiger charge is 2.54. The lowest BCUT2D eigenvalue weighted by molar-refractivity contribution is -0.376. The van der Waals surface area contributed by atoms with Crippen LogP contribution in [0.5, 0.6) is 0 Å². The highest BCUT2D eigenvalue weighted by molar-refractivity contribution is 6.01. The minimum atomic E-state index is -2.01. The molecule has 4 fully saturated rings. The maximum Gasteiger partial charge on any atom is 0.414 e. The predicted molar refractivity (Wildman–Crippen MR) is 259 cm³/mol. The molecule has 6 amide bonds. The molecule has 4 saturated heterocycles. The largest absolute Gasteiger partial charge is 0.439 e. The number of anilines is 1. The van der Waals surface area contributed by atoms with Gasteiger partial charge in [-0.25, -0.2) is 9.59 Å². The van der Waals surface area contributed by atoms with Gasteiger partial charge in [-0.1, -0.05) is 48.5 Å². The van der Waals surface area contributed by atoms with E-state index in [0.29, 0.717) is 16.3 Å². The summed E-state index contributed by atoms with van der Waals surface area (Å²) in [5.74, 6) is -3.97. The average molecular weight is 1110 g/mol. The molecule has 4 heterocycles. The lowest BCUT2D eigenvalue weighted by atomic mass is 9.95. The highest BCUT2D eigenvalue weighted by atomic mass is 16.8. The van der Waals surface area contributed by atoms with Gasteiger partial charge in [0.15, 0.2) is 25.5 Å². The molecular weight excluding hydrogens is 1040 g/mol. The van der Waals surface area contributed by atoms with E-state index >= 15 is 0 Å². The zero-order valence-corrected chi connectivity index (χ0v) is 42.3. The predicted octanol–water partition coefficient (Wildman–Crippen LogP) is -4.69. The van der Waals surface area contributed by atoms with Crippen LogP contribution in [0.2, 0.25) is 0 Å². The highest BCUT2D eigenvalue weighted by Crippen LogP contribution is 2.34. The molecule has 78 heavy (non-hydrogen) atoms. The molecule has 12 N–H and O–H groups in total. The molecule has 432 valence electrons. The van der Waals surface area contributed by atoms with Crippen molar-refractivity contribution in [1.29, 1.82) is 0 Å². The van der Waals surface area contributed by atoms with E-state index < -0.39 is 160 Å². The van der Waals surface area contributed by atoms with Gasteiger partial charge in [-0.15, -0.1) is 5.06 Å². The smallest absolute Gasteiger partial charge is 0.414 e. The first-order valence-electron chi connectivity index (χ1n) is 25.1. The molecular formula is C49H67N5O24. The van der Waals surface area contributed by atoms with Gasteiger partial charge in [-0.2, -0.15) is 0 Å². The summed E-state index contributed by atoms with van der Waals surface area (Å²) < 4.78 is 39.6. The number of nitrogens with zero attached hydrogens (tertiary/aromatic N) is 2. The summed E-state index contributed by atoms with van der Waals surface area (Å²) in [6, 6.07) is 14.6. The number of aliphatic hydroxyl groups is 9. The average Bonchev–Trinajstić information content (AvgIpc) is 3.78. The monoisotopic (exact) mass is 1110 g/mol. The van der Waals surface area contributed by atoms with Crippen LogP contribution in [0.1, 0.15) is 45.4 Å². The number of rotatable bonds is 25. The van der Waals surface area contributed by atoms with E-state index in [2.05, 4.69) is 16.0 Å². The fraction of sp³-hybridized carbons (Fsp3) is 0.612. The van der Waals surface area contributed by atoms with Crippen LogP contribution in [0, 0.1) is 0 Å². The Labute approximate surface area is 445 Å². The van der Waals surface area contributed by atoms with E-state index in [1.165, 1.54) is 4.90 Å². The molecule has 4 aliphatic rings. The Kier molecular flexibility index (Phi) is 23.1. The van der Waals surface area contributed by atoms with Gasteiger partial charge in [0.2, 0.25) is 11.8 Å². The Morgan fingerprint density at radius 1 is 0.654 bits per heavy atom. The van der Waals surface area contributed by atoms with E-state index in [0.717, 1.165) is 12.5 Å². The van der Waals surface area contributed by atoms with Crippen LogP contribution in [0.25, 0.3) is 11.1 Å². The Morgan fingerprint density at radius 2 is 1.26 bits per heavy atom. The number of benzene rings is 2. The molecule has 0 saturated carbocycles. The first-order valence-corrected chi connectivity index (χ1v) is 25.1. The molecule has 2 aromatic carbocycles. The van der Waals surface area contributed by atoms with E-state index in [1.54, 1.807) is 24.3 Å². The number of hydrogen-bond donors (Lipinski definition) is 12. The third kappa shape index (κ3) is 15.9. The molecule has 0 bridgehead atoms. The van der Waals surface area contributed by atoms with Gasteiger partial charge in [0.1, 0.15) is 73.2 Å². The number of carbonyl (C=O) groups is 7. The summed E-state index contributed by atoms with van der Waals surface area (Å²) in [7, 11) is 0. The molecule has 0 spiro atoms. The molecule has 0 aliphatic carbocycles. The summed E-state index contributed by atoms with van der Waals surface area (Å²) >= 11 is 0. The zero-order valence-electron chi connectivity index (χ0n) is 42.3. The Balaban J connectivity index is 0.997. The molecule has 0 aromatic heterocycles. The lowest BCUT2D eigenvalue weighted by Gasteiger charge is -2.48. The van der Waals surface area contributed by atoms with E-state index in [1.807, 2.05) is 30.3 Å². The van der Waals surface area contributed by atoms with Gasteiger partial charge in [0.05, 0.1) is 32.1 Å². The second kappa shape index (κ2) is 29.4. The molecule has 0 radical (unpaired) electrons. The van der Waals surface area contributed by atoms with Gasteiger partial charge in [0.25, 0.3) is 17.7 Å². The van der Waals surface area contributed by atoms with Crippen LogP contribution >= 0.6 is 0 Å². The Morgan fingerprint density at radius 3 is 1.92 bits per heavy atom. The van der Waals surface area contributed by atoms with Gasteiger partial charge in [-0.3, -0.25) is 28.9 Å². The van der Waals surface area contributed by atoms with Gasteiger partial charge in [-0.05, 0) is 24.5 Å². The Hall–Kier alpha value is -5.87. The van der Waals surface area contributed by atoms with Crippen LogP contribution in [-0.4, -0.2) is 237 Å². The summed E-state index contributed by atoms with van der Waals surface area (Å²) in [6.45, 7) is -2.60. The number of hydroxylamine groups is 2. The molecule has 15 atom stereocenters. The van der Waals surface area contributed by atoms with E-state index in [9.17, 15) is 79.5 Å². The quantitative estimate of drug-likeness (QED) is 0.0328. The van der Waals surface area contributed by atoms with Crippen LogP contribution in [0.3, 0.4) is 0 Å². The minimum Gasteiger partial charge on any atom is -0.439 e. The molecule has 0 unspecified atom stereocenters. The lowest BCUT2D eigenvalue weighted by Crippen LogP contribution is -2.68. The van der Waals surface area contributed by atoms with Crippen molar-refractivity contribution < 1.29 is 118 Å². The van der Waals surface area contributed by atoms with Crippen molar-refractivity contribution in [2.75, 3.05) is 57.6 Å². The topological polar surface area (TPSA) is 418 Å². The second-order valence-electron chi connectivity index (χ2n) is 18.5. The Bertz CT molecular complexity index is 2320. The standard InChI is InChI=1S/C49H67N5O24/c1-25(58)52-37-40(66)44(76-48-43(69)45(39(65)30(22-56)74-48)77-47-42(68)41(67)38(64)29(21-55)73-47)31(23-57)75-46(37)71-20-8-17-50-33(60)24-72-49(70)53(28-12-6-5-11-27(28)26-9-3-2-4-10-26)19-18-51-32(59)13-7-14-36(63)78-54-34(61)15-16-35(54)62/h2-6,9-12,29-31,37-48,55-57,64-69H,7-8,13-24H2,1H3,(H,50,60)(H,51,59)(H,52,58)/t29-,30-,31-,37-,38+,39+,40-,41+,42-,43-,44-,45+,46-,47-,48+/m1/s1. The molecule has 29 nitrogen and oxygen atoms in total. The van der Waals surface area contributed by atoms with Crippen molar-refractivity contribution in [3.05, 3.63) is 54.6 Å². The minimum absolute atomic E-state index is 0.0338. The normalized spacial score (nSPS) is 30.1. The van der Waals surface area contributed by atoms with Crippen molar-refractivity contribution in [1.82, 2.24) is 21.0 Å². The van der Waals surface area contributed by atoms with Gasteiger partial charge in [0, 0.05) is 57.8 Å². The number of hydrogen-bond acceptors (Lipinski definition) is 24. The van der Waals surface area contributed by atoms with Gasteiger partial charge < -0.3 is 99.9 Å². The first kappa shape index (κ1) is 61.3. The number of aliphatic hydroxyl groups excluding tert-OH is 9. The fourth-order valence-corrected chi connectivity index (χ4v) is 8.81. The summed E-state index contributed by atoms with van der Waals surface area (Å²) in [4.78, 5) is 93.5. The third-order valence-electron chi connectivity index (χ3n) is 12.9. The van der Waals surface area contributed by atoms with Gasteiger partial charge >= 0.3 is 12.1 Å². The number of imide groups is 1. The van der Waals surface area contributed by atoms with Crippen molar-refractivity contribution in [3.8, 4) is 11.1 Å². The van der Waals surface area contributed by atoms with Crippen molar-refractivity contribution in [2.45, 2.75) is 138 Å². The van der Waals surface area contributed by atoms with E-state index in [4.69, 9.17) is 38.0 Å². The third-order valence-corrected chi connectivity index (χ3v) is 12.9. The van der Waals surface area contributed by atoms with Crippen LogP contribution in [-0.2, 0) is 66.8 Å². The number of carbonyl (C=O) groups excluding carboxylic acids is 7. The molecule has 6 rings (SSSR count). The number of nitrogens with one attached hydrogen (secondary N) is 3. The van der Waals surface area contributed by atoms with Crippen molar-refractivity contribution in [2.24, 2.45) is 0 Å². The van der Waals surface area contributed by atoms with Crippen LogP contribution in [0.4, 0.5) is 10.5 Å². The molecule has 2 aromatic rings. The van der Waals surface area contributed by atoms with Crippen LogP contribution in [0.15, 0.2) is 54.6 Å². The molecule has 4 aliphatic heterocycles.